The number of methoxy groups -OCH3 is 2. The van der Waals surface area contributed by atoms with Gasteiger partial charge in [-0.15, -0.1) is 24.0 Å². The number of fused-ring (bicyclic) bond motifs is 1. The molecule has 0 amide bonds. The van der Waals surface area contributed by atoms with Gasteiger partial charge in [0.25, 0.3) is 0 Å². The Balaban J connectivity index is 0.00000280. The summed E-state index contributed by atoms with van der Waals surface area (Å²) in [7, 11) is 3.22. The van der Waals surface area contributed by atoms with Crippen molar-refractivity contribution in [1.29, 1.82) is 0 Å². The van der Waals surface area contributed by atoms with Crippen LogP contribution in [0, 0.1) is 0 Å². The van der Waals surface area contributed by atoms with Crippen molar-refractivity contribution in [3.05, 3.63) is 53.6 Å². The van der Waals surface area contributed by atoms with Crippen LogP contribution in [0.5, 0.6) is 11.5 Å². The van der Waals surface area contributed by atoms with Gasteiger partial charge in [0.15, 0.2) is 17.5 Å². The van der Waals surface area contributed by atoms with Gasteiger partial charge in [0.2, 0.25) is 0 Å². The smallest absolute Gasteiger partial charge is 0.193 e. The van der Waals surface area contributed by atoms with E-state index in [2.05, 4.69) is 39.5 Å². The first-order valence-corrected chi connectivity index (χ1v) is 9.27. The predicted octanol–water partition coefficient (Wildman–Crippen LogP) is 3.50. The lowest BCUT2D eigenvalue weighted by Gasteiger charge is -2.28. The predicted molar refractivity (Wildman–Crippen MR) is 125 cm³/mol. The molecule has 1 aliphatic heterocycles. The first kappa shape index (κ1) is 22.3. The quantitative estimate of drug-likeness (QED) is 0.266. The van der Waals surface area contributed by atoms with Crippen molar-refractivity contribution in [3.63, 3.8) is 0 Å². The molecular weight excluding hydrogens is 467 g/mol. The molecule has 1 heterocycles. The van der Waals surface area contributed by atoms with E-state index in [1.54, 1.807) is 14.2 Å². The number of ether oxygens (including phenoxy) is 2. The van der Waals surface area contributed by atoms with Crippen LogP contribution in [0.15, 0.2) is 47.5 Å². The molecule has 1 aliphatic rings. The van der Waals surface area contributed by atoms with E-state index in [9.17, 15) is 0 Å². The SMILES string of the molecule is COc1ccc(NC(N)=NCCCN2CCc3ccccc3C2)cc1OC.I. The van der Waals surface area contributed by atoms with E-state index in [1.165, 1.54) is 11.1 Å². The van der Waals surface area contributed by atoms with Crippen LogP contribution in [0.1, 0.15) is 17.5 Å². The fourth-order valence-corrected chi connectivity index (χ4v) is 3.34. The lowest BCUT2D eigenvalue weighted by atomic mass is 10.00. The largest absolute Gasteiger partial charge is 0.493 e. The number of nitrogens with two attached hydrogens (primary N) is 1. The highest BCUT2D eigenvalue weighted by Crippen LogP contribution is 2.29. The zero-order chi connectivity index (χ0) is 19.1. The van der Waals surface area contributed by atoms with Crippen molar-refractivity contribution >= 4 is 35.6 Å². The van der Waals surface area contributed by atoms with E-state index < -0.39 is 0 Å². The van der Waals surface area contributed by atoms with E-state index in [0.717, 1.165) is 38.2 Å². The summed E-state index contributed by atoms with van der Waals surface area (Å²) >= 11 is 0. The Morgan fingerprint density at radius 3 is 2.61 bits per heavy atom. The number of halogens is 1. The number of guanidine groups is 1. The second kappa shape index (κ2) is 11.1. The van der Waals surface area contributed by atoms with Crippen molar-refractivity contribution in [3.8, 4) is 11.5 Å². The minimum absolute atomic E-state index is 0. The molecule has 152 valence electrons. The van der Waals surface area contributed by atoms with Gasteiger partial charge in [0.1, 0.15) is 0 Å². The van der Waals surface area contributed by atoms with E-state index in [0.29, 0.717) is 24.0 Å². The highest BCUT2D eigenvalue weighted by molar-refractivity contribution is 14.0. The van der Waals surface area contributed by atoms with Crippen LogP contribution in [0.4, 0.5) is 5.69 Å². The molecule has 28 heavy (non-hydrogen) atoms. The molecule has 6 nitrogen and oxygen atoms in total. The average Bonchev–Trinajstić information content (AvgIpc) is 2.71. The summed E-state index contributed by atoms with van der Waals surface area (Å²) in [6, 6.07) is 14.3. The first-order valence-electron chi connectivity index (χ1n) is 9.27. The summed E-state index contributed by atoms with van der Waals surface area (Å²) in [6.07, 6.45) is 2.11. The number of anilines is 1. The Kier molecular flexibility index (Phi) is 8.85. The minimum Gasteiger partial charge on any atom is -0.493 e. The van der Waals surface area contributed by atoms with Gasteiger partial charge in [-0.1, -0.05) is 24.3 Å². The van der Waals surface area contributed by atoms with Crippen LogP contribution in [0.2, 0.25) is 0 Å². The minimum atomic E-state index is 0. The number of nitrogens with zero attached hydrogens (tertiary/aromatic N) is 2. The molecule has 7 heteroatoms. The molecule has 0 radical (unpaired) electrons. The highest BCUT2D eigenvalue weighted by atomic mass is 127. The summed E-state index contributed by atoms with van der Waals surface area (Å²) in [4.78, 5) is 6.91. The van der Waals surface area contributed by atoms with Crippen LogP contribution in [0.3, 0.4) is 0 Å². The Morgan fingerprint density at radius 1 is 1.11 bits per heavy atom. The normalized spacial score (nSPS) is 14.0. The fraction of sp³-hybridized carbons (Fsp3) is 0.381. The van der Waals surface area contributed by atoms with Crippen LogP contribution in [-0.4, -0.2) is 44.7 Å². The molecular formula is C21H29IN4O2. The Morgan fingerprint density at radius 2 is 1.86 bits per heavy atom. The summed E-state index contributed by atoms with van der Waals surface area (Å²) in [5.74, 6) is 1.74. The van der Waals surface area contributed by atoms with Gasteiger partial charge in [-0.3, -0.25) is 9.89 Å². The maximum Gasteiger partial charge on any atom is 0.193 e. The third-order valence-electron chi connectivity index (χ3n) is 4.78. The lowest BCUT2D eigenvalue weighted by Crippen LogP contribution is -2.31. The van der Waals surface area contributed by atoms with Crippen LogP contribution in [-0.2, 0) is 13.0 Å². The van der Waals surface area contributed by atoms with E-state index in [4.69, 9.17) is 15.2 Å². The Bertz CT molecular complexity index is 798. The van der Waals surface area contributed by atoms with Crippen molar-refractivity contribution in [1.82, 2.24) is 4.90 Å². The fourth-order valence-electron chi connectivity index (χ4n) is 3.34. The van der Waals surface area contributed by atoms with Crippen molar-refractivity contribution in [2.45, 2.75) is 19.4 Å². The third-order valence-corrected chi connectivity index (χ3v) is 4.78. The van der Waals surface area contributed by atoms with Crippen molar-refractivity contribution in [2.24, 2.45) is 10.7 Å². The maximum atomic E-state index is 6.00. The summed E-state index contributed by atoms with van der Waals surface area (Å²) in [6.45, 7) is 3.87. The first-order chi connectivity index (χ1) is 13.2. The molecule has 0 aromatic heterocycles. The lowest BCUT2D eigenvalue weighted by molar-refractivity contribution is 0.253. The molecule has 0 fully saturated rings. The standard InChI is InChI=1S/C21H28N4O2.HI/c1-26-19-9-8-18(14-20(19)27-2)24-21(22)23-11-5-12-25-13-10-16-6-3-4-7-17(16)15-25;/h3-4,6-9,14H,5,10-13,15H2,1-2H3,(H3,22,23,24);1H. The molecule has 3 N–H and O–H groups in total. The number of aliphatic imine (C=N–C) groups is 1. The van der Waals surface area contributed by atoms with Gasteiger partial charge in [-0.2, -0.15) is 0 Å². The number of hydrogen-bond acceptors (Lipinski definition) is 4. The van der Waals surface area contributed by atoms with Gasteiger partial charge in [-0.05, 0) is 36.1 Å². The third kappa shape index (κ3) is 6.00. The van der Waals surface area contributed by atoms with Crippen LogP contribution < -0.4 is 20.5 Å². The molecule has 2 aromatic rings. The van der Waals surface area contributed by atoms with Gasteiger partial charge in [-0.25, -0.2) is 0 Å². The van der Waals surface area contributed by atoms with Crippen LogP contribution >= 0.6 is 24.0 Å². The average molecular weight is 496 g/mol. The monoisotopic (exact) mass is 496 g/mol. The summed E-state index contributed by atoms with van der Waals surface area (Å²) < 4.78 is 10.5. The number of benzene rings is 2. The van der Waals surface area contributed by atoms with Crippen LogP contribution in [0.25, 0.3) is 0 Å². The van der Waals surface area contributed by atoms with Gasteiger partial charge in [0, 0.05) is 37.9 Å². The van der Waals surface area contributed by atoms with Crippen molar-refractivity contribution in [2.75, 3.05) is 39.2 Å². The zero-order valence-electron chi connectivity index (χ0n) is 16.5. The van der Waals surface area contributed by atoms with E-state index >= 15 is 0 Å². The molecule has 0 atom stereocenters. The van der Waals surface area contributed by atoms with E-state index in [1.807, 2.05) is 18.2 Å². The van der Waals surface area contributed by atoms with Gasteiger partial charge in [0.05, 0.1) is 14.2 Å². The molecule has 2 aromatic carbocycles. The zero-order valence-corrected chi connectivity index (χ0v) is 18.8. The molecule has 0 aliphatic carbocycles. The summed E-state index contributed by atoms with van der Waals surface area (Å²) in [5, 5.41) is 3.10. The Labute approximate surface area is 184 Å². The van der Waals surface area contributed by atoms with E-state index in [-0.39, 0.29) is 24.0 Å². The highest BCUT2D eigenvalue weighted by Gasteiger charge is 2.14. The Hall–Kier alpha value is -2.00. The molecule has 3 rings (SSSR count). The molecule has 0 saturated carbocycles. The number of rotatable bonds is 7. The topological polar surface area (TPSA) is 72.1 Å². The molecule has 0 bridgehead atoms. The second-order valence-corrected chi connectivity index (χ2v) is 6.61. The molecule has 0 unspecified atom stereocenters. The maximum absolute atomic E-state index is 6.00. The number of hydrogen-bond donors (Lipinski definition) is 2. The molecule has 0 saturated heterocycles. The summed E-state index contributed by atoms with van der Waals surface area (Å²) in [5.41, 5.74) is 9.75. The van der Waals surface area contributed by atoms with Gasteiger partial charge >= 0.3 is 0 Å². The van der Waals surface area contributed by atoms with Gasteiger partial charge < -0.3 is 20.5 Å². The second-order valence-electron chi connectivity index (χ2n) is 6.61. The molecule has 0 spiro atoms. The number of nitrogens with one attached hydrogen (secondary N) is 1. The van der Waals surface area contributed by atoms with Crippen molar-refractivity contribution < 1.29 is 9.47 Å².